The fourth-order valence-corrected chi connectivity index (χ4v) is 4.84. The molecule has 3 aliphatic rings. The third-order valence-corrected chi connectivity index (χ3v) is 8.14. The maximum absolute atomic E-state index is 10.5. The Morgan fingerprint density at radius 1 is 0.973 bits per heavy atom. The molecular formula is C27H37ClN4O4S. The SMILES string of the molecule is CS(=O)(=O)OCC1CCC1.Clc1ccc2ncc(-c3cnn(CC4CCC4)c3)cc2n1.OCC1CCC1. The number of aromatic nitrogens is 4. The lowest BCUT2D eigenvalue weighted by Gasteiger charge is -2.24. The molecule has 3 fully saturated rings. The highest BCUT2D eigenvalue weighted by molar-refractivity contribution is 7.85. The molecule has 3 saturated carbocycles. The molecule has 3 heterocycles. The van der Waals surface area contributed by atoms with E-state index in [0.29, 0.717) is 30.2 Å². The molecule has 0 unspecified atom stereocenters. The van der Waals surface area contributed by atoms with Gasteiger partial charge in [0.1, 0.15) is 5.15 Å². The molecule has 0 amide bonds. The van der Waals surface area contributed by atoms with Crippen LogP contribution in [0.15, 0.2) is 36.8 Å². The Balaban J connectivity index is 0.000000165. The van der Waals surface area contributed by atoms with Gasteiger partial charge in [-0.3, -0.25) is 13.8 Å². The molecule has 202 valence electrons. The van der Waals surface area contributed by atoms with Crippen molar-refractivity contribution in [3.8, 4) is 11.1 Å². The van der Waals surface area contributed by atoms with Gasteiger partial charge >= 0.3 is 0 Å². The summed E-state index contributed by atoms with van der Waals surface area (Å²) in [5.41, 5.74) is 3.76. The van der Waals surface area contributed by atoms with E-state index in [2.05, 4.69) is 25.4 Å². The van der Waals surface area contributed by atoms with E-state index in [0.717, 1.165) is 53.7 Å². The van der Waals surface area contributed by atoms with Crippen LogP contribution in [0.2, 0.25) is 5.15 Å². The van der Waals surface area contributed by atoms with E-state index in [1.165, 1.54) is 44.9 Å². The summed E-state index contributed by atoms with van der Waals surface area (Å²) in [5.74, 6) is 1.97. The van der Waals surface area contributed by atoms with Crippen LogP contribution < -0.4 is 0 Å². The van der Waals surface area contributed by atoms with E-state index >= 15 is 0 Å². The molecule has 0 atom stereocenters. The van der Waals surface area contributed by atoms with E-state index in [1.807, 2.05) is 29.2 Å². The molecule has 0 aliphatic heterocycles. The van der Waals surface area contributed by atoms with E-state index < -0.39 is 10.1 Å². The molecule has 8 nitrogen and oxygen atoms in total. The molecule has 0 spiro atoms. The normalized spacial score (nSPS) is 18.0. The number of aliphatic hydroxyl groups is 1. The lowest BCUT2D eigenvalue weighted by Crippen LogP contribution is -2.19. The summed E-state index contributed by atoms with van der Waals surface area (Å²) in [6, 6.07) is 5.65. The lowest BCUT2D eigenvalue weighted by molar-refractivity contribution is 0.163. The second-order valence-corrected chi connectivity index (χ2v) is 12.4. The first-order chi connectivity index (χ1) is 17.8. The molecule has 3 aromatic rings. The quantitative estimate of drug-likeness (QED) is 0.307. The minimum atomic E-state index is -3.20. The van der Waals surface area contributed by atoms with Crippen LogP contribution in [0.4, 0.5) is 0 Å². The smallest absolute Gasteiger partial charge is 0.264 e. The second-order valence-electron chi connectivity index (χ2n) is 10.4. The Kier molecular flexibility index (Phi) is 9.92. The van der Waals surface area contributed by atoms with Gasteiger partial charge in [-0.1, -0.05) is 30.9 Å². The predicted molar refractivity (Wildman–Crippen MR) is 146 cm³/mol. The van der Waals surface area contributed by atoms with Crippen molar-refractivity contribution in [2.75, 3.05) is 19.5 Å². The first-order valence-corrected chi connectivity index (χ1v) is 15.4. The average molecular weight is 549 g/mol. The van der Waals surface area contributed by atoms with Gasteiger partial charge < -0.3 is 5.11 Å². The third-order valence-electron chi connectivity index (χ3n) is 7.37. The highest BCUT2D eigenvalue weighted by Crippen LogP contribution is 2.29. The summed E-state index contributed by atoms with van der Waals surface area (Å²) in [4.78, 5) is 8.75. The number of hydrogen-bond donors (Lipinski definition) is 1. The van der Waals surface area contributed by atoms with Crippen LogP contribution in [0.3, 0.4) is 0 Å². The molecule has 0 radical (unpaired) electrons. The van der Waals surface area contributed by atoms with Crippen molar-refractivity contribution in [3.05, 3.63) is 41.9 Å². The molecule has 6 rings (SSSR count). The van der Waals surface area contributed by atoms with Gasteiger partial charge in [0.25, 0.3) is 10.1 Å². The van der Waals surface area contributed by atoms with Crippen molar-refractivity contribution in [1.29, 1.82) is 0 Å². The molecule has 0 saturated heterocycles. The van der Waals surface area contributed by atoms with Crippen molar-refractivity contribution in [2.24, 2.45) is 17.8 Å². The zero-order chi connectivity index (χ0) is 26.3. The van der Waals surface area contributed by atoms with E-state index in [-0.39, 0.29) is 0 Å². The predicted octanol–water partition coefficient (Wildman–Crippen LogP) is 5.49. The van der Waals surface area contributed by atoms with E-state index in [4.69, 9.17) is 16.7 Å². The van der Waals surface area contributed by atoms with Crippen molar-refractivity contribution in [1.82, 2.24) is 19.7 Å². The summed E-state index contributed by atoms with van der Waals surface area (Å²) < 4.78 is 27.5. The van der Waals surface area contributed by atoms with Crippen LogP contribution in [0.1, 0.15) is 57.8 Å². The molecule has 37 heavy (non-hydrogen) atoms. The number of aliphatic hydroxyl groups excluding tert-OH is 1. The molecule has 3 aliphatic carbocycles. The minimum Gasteiger partial charge on any atom is -0.396 e. The fourth-order valence-electron chi connectivity index (χ4n) is 4.25. The number of nitrogens with zero attached hydrogens (tertiary/aromatic N) is 4. The molecule has 1 N–H and O–H groups in total. The summed E-state index contributed by atoms with van der Waals surface area (Å²) >= 11 is 5.95. The van der Waals surface area contributed by atoms with Gasteiger partial charge in [0.15, 0.2) is 0 Å². The van der Waals surface area contributed by atoms with Gasteiger partial charge in [-0.05, 0) is 74.5 Å². The highest BCUT2D eigenvalue weighted by atomic mass is 35.5. The monoisotopic (exact) mass is 548 g/mol. The first kappa shape index (κ1) is 28.0. The van der Waals surface area contributed by atoms with Crippen LogP contribution in [-0.2, 0) is 20.8 Å². The Morgan fingerprint density at radius 2 is 1.65 bits per heavy atom. The Hall–Kier alpha value is -2.07. The highest BCUT2D eigenvalue weighted by Gasteiger charge is 2.19. The van der Waals surface area contributed by atoms with Crippen molar-refractivity contribution < 1.29 is 17.7 Å². The lowest BCUT2D eigenvalue weighted by atomic mass is 9.85. The largest absolute Gasteiger partial charge is 0.396 e. The van der Waals surface area contributed by atoms with Gasteiger partial charge in [-0.2, -0.15) is 13.5 Å². The summed E-state index contributed by atoms with van der Waals surface area (Å²) in [6.45, 7) is 1.82. The minimum absolute atomic E-state index is 0.388. The zero-order valence-corrected chi connectivity index (χ0v) is 23.0. The van der Waals surface area contributed by atoms with Crippen LogP contribution in [0.5, 0.6) is 0 Å². The maximum atomic E-state index is 10.5. The van der Waals surface area contributed by atoms with Crippen LogP contribution >= 0.6 is 11.6 Å². The molecular weight excluding hydrogens is 512 g/mol. The summed E-state index contributed by atoms with van der Waals surface area (Å²) in [6.07, 6.45) is 18.3. The van der Waals surface area contributed by atoms with Crippen LogP contribution in [-0.4, -0.2) is 52.7 Å². The Morgan fingerprint density at radius 3 is 2.19 bits per heavy atom. The van der Waals surface area contributed by atoms with Gasteiger partial charge in [0, 0.05) is 36.7 Å². The average Bonchev–Trinajstić information content (AvgIpc) is 3.23. The van der Waals surface area contributed by atoms with E-state index in [1.54, 1.807) is 6.07 Å². The number of pyridine rings is 2. The molecule has 0 bridgehead atoms. The topological polar surface area (TPSA) is 107 Å². The van der Waals surface area contributed by atoms with Crippen LogP contribution in [0, 0.1) is 17.8 Å². The summed E-state index contributed by atoms with van der Waals surface area (Å²) in [7, 11) is -3.20. The van der Waals surface area contributed by atoms with E-state index in [9.17, 15) is 8.42 Å². The zero-order valence-electron chi connectivity index (χ0n) is 21.4. The van der Waals surface area contributed by atoms with Gasteiger partial charge in [-0.15, -0.1) is 0 Å². The van der Waals surface area contributed by atoms with Crippen molar-refractivity contribution >= 4 is 32.8 Å². The number of hydrogen-bond acceptors (Lipinski definition) is 7. The van der Waals surface area contributed by atoms with Gasteiger partial charge in [-0.25, -0.2) is 4.98 Å². The van der Waals surface area contributed by atoms with Crippen molar-refractivity contribution in [3.63, 3.8) is 0 Å². The van der Waals surface area contributed by atoms with Crippen LogP contribution in [0.25, 0.3) is 22.2 Å². The van der Waals surface area contributed by atoms with Crippen molar-refractivity contribution in [2.45, 2.75) is 64.3 Å². The fraction of sp³-hybridized carbons (Fsp3) is 0.593. The number of halogens is 1. The van der Waals surface area contributed by atoms with Gasteiger partial charge in [0.05, 0.1) is 30.1 Å². The Labute approximate surface area is 224 Å². The van der Waals surface area contributed by atoms with Gasteiger partial charge in [0.2, 0.25) is 0 Å². The Bertz CT molecular complexity index is 1250. The standard InChI is InChI=1S/C16H15ClN4.C6H12O3S.C5H10O/c17-16-5-4-14-15(20-16)6-12(7-18-14)13-8-19-21(10-13)9-11-2-1-3-11;1-10(7,8)9-5-6-3-2-4-6;6-4-5-2-1-3-5/h4-8,10-11H,1-3,9H2;6H,2-5H2,1H3;5-6H,1-4H2. The second kappa shape index (κ2) is 13.1. The molecule has 3 aromatic heterocycles. The number of rotatable bonds is 7. The number of fused-ring (bicyclic) bond motifs is 1. The first-order valence-electron chi connectivity index (χ1n) is 13.2. The maximum Gasteiger partial charge on any atom is 0.264 e. The molecule has 10 heteroatoms. The third kappa shape index (κ3) is 8.74. The molecule has 0 aromatic carbocycles. The summed E-state index contributed by atoms with van der Waals surface area (Å²) in [5, 5.41) is 13.3.